The highest BCUT2D eigenvalue weighted by atomic mass is 35.5. The molecular formula is C13H19ClN2O. The van der Waals surface area contributed by atoms with Crippen LogP contribution in [0.25, 0.3) is 0 Å². The van der Waals surface area contributed by atoms with Crippen molar-refractivity contribution >= 4 is 17.5 Å². The van der Waals surface area contributed by atoms with Crippen molar-refractivity contribution < 1.29 is 4.79 Å². The molecule has 1 amide bonds. The topological polar surface area (TPSA) is 55.1 Å². The van der Waals surface area contributed by atoms with Crippen molar-refractivity contribution in [1.82, 2.24) is 5.32 Å². The lowest BCUT2D eigenvalue weighted by Gasteiger charge is -2.18. The Morgan fingerprint density at radius 1 is 1.41 bits per heavy atom. The number of hydrogen-bond acceptors (Lipinski definition) is 2. The molecule has 17 heavy (non-hydrogen) atoms. The summed E-state index contributed by atoms with van der Waals surface area (Å²) in [6, 6.07) is 7.44. The summed E-state index contributed by atoms with van der Waals surface area (Å²) in [5.41, 5.74) is 6.36. The van der Waals surface area contributed by atoms with Gasteiger partial charge in [-0.1, -0.05) is 36.7 Å². The molecule has 0 fully saturated rings. The van der Waals surface area contributed by atoms with Crippen LogP contribution in [0.1, 0.15) is 31.9 Å². The van der Waals surface area contributed by atoms with Crippen molar-refractivity contribution in [3.8, 4) is 0 Å². The Labute approximate surface area is 107 Å². The average Bonchev–Trinajstić information content (AvgIpc) is 2.29. The third-order valence-corrected chi connectivity index (χ3v) is 3.12. The van der Waals surface area contributed by atoms with E-state index in [-0.39, 0.29) is 17.9 Å². The molecule has 0 aliphatic carbocycles. The second-order valence-corrected chi connectivity index (χ2v) is 4.64. The van der Waals surface area contributed by atoms with Crippen LogP contribution in [-0.4, -0.2) is 12.5 Å². The van der Waals surface area contributed by atoms with Crippen LogP contribution in [0.3, 0.4) is 0 Å². The molecule has 0 aliphatic rings. The first kappa shape index (κ1) is 14.0. The van der Waals surface area contributed by atoms with Gasteiger partial charge in [-0.05, 0) is 31.5 Å². The molecule has 2 unspecified atom stereocenters. The van der Waals surface area contributed by atoms with Gasteiger partial charge in [0, 0.05) is 10.9 Å². The predicted octanol–water partition coefficient (Wildman–Crippen LogP) is 2.50. The van der Waals surface area contributed by atoms with E-state index >= 15 is 0 Å². The molecule has 0 aromatic heterocycles. The van der Waals surface area contributed by atoms with Crippen LogP contribution in [0.15, 0.2) is 24.3 Å². The molecule has 0 spiro atoms. The molecule has 0 saturated carbocycles. The maximum Gasteiger partial charge on any atom is 0.223 e. The second kappa shape index (κ2) is 6.62. The van der Waals surface area contributed by atoms with E-state index < -0.39 is 0 Å². The summed E-state index contributed by atoms with van der Waals surface area (Å²) in [5, 5.41) is 3.62. The lowest BCUT2D eigenvalue weighted by atomic mass is 10.0. The number of carbonyl (C=O) groups excluding carboxylic acids is 1. The highest BCUT2D eigenvalue weighted by Crippen LogP contribution is 2.22. The number of hydrogen-bond donors (Lipinski definition) is 2. The van der Waals surface area contributed by atoms with Crippen molar-refractivity contribution in [1.29, 1.82) is 0 Å². The normalized spacial score (nSPS) is 14.1. The van der Waals surface area contributed by atoms with Crippen LogP contribution in [-0.2, 0) is 4.79 Å². The minimum absolute atomic E-state index is 0.0165. The Bertz CT molecular complexity index is 381. The second-order valence-electron chi connectivity index (χ2n) is 4.23. The molecule has 3 N–H and O–H groups in total. The fraction of sp³-hybridized carbons (Fsp3) is 0.462. The van der Waals surface area contributed by atoms with Crippen molar-refractivity contribution in [3.05, 3.63) is 34.9 Å². The summed E-state index contributed by atoms with van der Waals surface area (Å²) < 4.78 is 0. The van der Waals surface area contributed by atoms with Crippen molar-refractivity contribution in [2.24, 2.45) is 11.7 Å². The first-order valence-electron chi connectivity index (χ1n) is 5.81. The maximum atomic E-state index is 11.8. The molecule has 4 heteroatoms. The van der Waals surface area contributed by atoms with Gasteiger partial charge >= 0.3 is 0 Å². The van der Waals surface area contributed by atoms with Crippen molar-refractivity contribution in [2.75, 3.05) is 6.54 Å². The lowest BCUT2D eigenvalue weighted by Crippen LogP contribution is -2.32. The van der Waals surface area contributed by atoms with Crippen LogP contribution in [0, 0.1) is 5.92 Å². The smallest absolute Gasteiger partial charge is 0.223 e. The molecule has 0 saturated heterocycles. The summed E-state index contributed by atoms with van der Waals surface area (Å²) in [5.74, 6) is -0.0483. The highest BCUT2D eigenvalue weighted by Gasteiger charge is 2.16. The first-order valence-corrected chi connectivity index (χ1v) is 6.19. The van der Waals surface area contributed by atoms with Crippen LogP contribution in [0.4, 0.5) is 0 Å². The molecular weight excluding hydrogens is 236 g/mol. The standard InChI is InChI=1S/C13H19ClN2O/c1-9(7-8-15)13(17)16-10(2)11-5-3-4-6-12(11)14/h3-6,9-10H,7-8,15H2,1-2H3,(H,16,17). The summed E-state index contributed by atoms with van der Waals surface area (Å²) >= 11 is 6.07. The molecule has 0 heterocycles. The van der Waals surface area contributed by atoms with E-state index in [1.807, 2.05) is 38.1 Å². The zero-order chi connectivity index (χ0) is 12.8. The van der Waals surface area contributed by atoms with Gasteiger partial charge in [-0.15, -0.1) is 0 Å². The van der Waals surface area contributed by atoms with Crippen LogP contribution in [0.5, 0.6) is 0 Å². The van der Waals surface area contributed by atoms with Gasteiger partial charge in [-0.3, -0.25) is 4.79 Å². The first-order chi connectivity index (χ1) is 8.06. The molecule has 0 bridgehead atoms. The molecule has 1 aromatic rings. The number of rotatable bonds is 5. The molecule has 1 rings (SSSR count). The Morgan fingerprint density at radius 3 is 2.65 bits per heavy atom. The van der Waals surface area contributed by atoms with Crippen LogP contribution in [0.2, 0.25) is 5.02 Å². The van der Waals surface area contributed by atoms with Crippen LogP contribution < -0.4 is 11.1 Å². The van der Waals surface area contributed by atoms with E-state index in [0.29, 0.717) is 18.0 Å². The molecule has 2 atom stereocenters. The number of nitrogens with two attached hydrogens (primary N) is 1. The minimum Gasteiger partial charge on any atom is -0.349 e. The number of nitrogens with one attached hydrogen (secondary N) is 1. The van der Waals surface area contributed by atoms with Crippen LogP contribution >= 0.6 is 11.6 Å². The SMILES string of the molecule is CC(CCN)C(=O)NC(C)c1ccccc1Cl. The summed E-state index contributed by atoms with van der Waals surface area (Å²) in [7, 11) is 0. The molecule has 1 aromatic carbocycles. The Morgan fingerprint density at radius 2 is 2.06 bits per heavy atom. The van der Waals surface area contributed by atoms with Gasteiger partial charge in [0.1, 0.15) is 0 Å². The van der Waals surface area contributed by atoms with E-state index in [1.54, 1.807) is 0 Å². The van der Waals surface area contributed by atoms with E-state index in [9.17, 15) is 4.79 Å². The fourth-order valence-electron chi connectivity index (χ4n) is 1.64. The van der Waals surface area contributed by atoms with Gasteiger partial charge in [0.25, 0.3) is 0 Å². The third kappa shape index (κ3) is 4.02. The quantitative estimate of drug-likeness (QED) is 0.848. The van der Waals surface area contributed by atoms with Gasteiger partial charge in [-0.25, -0.2) is 0 Å². The lowest BCUT2D eigenvalue weighted by molar-refractivity contribution is -0.125. The van der Waals surface area contributed by atoms with Gasteiger partial charge in [0.05, 0.1) is 6.04 Å². The number of amides is 1. The number of carbonyl (C=O) groups is 1. The summed E-state index contributed by atoms with van der Waals surface area (Å²) in [4.78, 5) is 11.8. The summed E-state index contributed by atoms with van der Waals surface area (Å²) in [6.07, 6.45) is 0.696. The van der Waals surface area contributed by atoms with E-state index in [2.05, 4.69) is 5.32 Å². The number of benzene rings is 1. The fourth-order valence-corrected chi connectivity index (χ4v) is 1.94. The zero-order valence-corrected chi connectivity index (χ0v) is 11.0. The largest absolute Gasteiger partial charge is 0.349 e. The van der Waals surface area contributed by atoms with Gasteiger partial charge in [-0.2, -0.15) is 0 Å². The summed E-state index contributed by atoms with van der Waals surface area (Å²) in [6.45, 7) is 4.32. The Balaban J connectivity index is 2.63. The average molecular weight is 255 g/mol. The third-order valence-electron chi connectivity index (χ3n) is 2.78. The maximum absolute atomic E-state index is 11.8. The Hall–Kier alpha value is -1.06. The highest BCUT2D eigenvalue weighted by molar-refractivity contribution is 6.31. The predicted molar refractivity (Wildman–Crippen MR) is 70.8 cm³/mol. The Kier molecular flexibility index (Phi) is 5.45. The molecule has 3 nitrogen and oxygen atoms in total. The monoisotopic (exact) mass is 254 g/mol. The van der Waals surface area contributed by atoms with Gasteiger partial charge in [0.15, 0.2) is 0 Å². The zero-order valence-electron chi connectivity index (χ0n) is 10.2. The molecule has 0 aliphatic heterocycles. The van der Waals surface area contributed by atoms with E-state index in [1.165, 1.54) is 0 Å². The van der Waals surface area contributed by atoms with Crippen molar-refractivity contribution in [3.63, 3.8) is 0 Å². The van der Waals surface area contributed by atoms with Crippen molar-refractivity contribution in [2.45, 2.75) is 26.3 Å². The molecule has 94 valence electrons. The van der Waals surface area contributed by atoms with E-state index in [4.69, 9.17) is 17.3 Å². The van der Waals surface area contributed by atoms with Gasteiger partial charge in [0.2, 0.25) is 5.91 Å². The van der Waals surface area contributed by atoms with E-state index in [0.717, 1.165) is 5.56 Å². The van der Waals surface area contributed by atoms with Gasteiger partial charge < -0.3 is 11.1 Å². The minimum atomic E-state index is -0.0866. The number of halogens is 1. The molecule has 0 radical (unpaired) electrons.